The Morgan fingerprint density at radius 1 is 1.38 bits per heavy atom. The van der Waals surface area contributed by atoms with Gasteiger partial charge in [0.05, 0.1) is 25.9 Å². The van der Waals surface area contributed by atoms with Crippen molar-refractivity contribution >= 4 is 17.8 Å². The van der Waals surface area contributed by atoms with Gasteiger partial charge in [0, 0.05) is 17.7 Å². The van der Waals surface area contributed by atoms with Crippen molar-refractivity contribution in [3.8, 4) is 5.75 Å². The van der Waals surface area contributed by atoms with Crippen LogP contribution in [0.15, 0.2) is 24.3 Å². The van der Waals surface area contributed by atoms with E-state index in [1.54, 1.807) is 36.3 Å². The molecule has 0 fully saturated rings. The second-order valence-corrected chi connectivity index (χ2v) is 5.40. The smallest absolute Gasteiger partial charge is 0.318 e. The van der Waals surface area contributed by atoms with Crippen LogP contribution >= 0.6 is 0 Å². The average Bonchev–Trinajstić information content (AvgIpc) is 3.17. The number of H-pyrrole nitrogens is 1. The van der Waals surface area contributed by atoms with Gasteiger partial charge in [-0.3, -0.25) is 9.89 Å². The summed E-state index contributed by atoms with van der Waals surface area (Å²) in [6, 6.07) is 6.75. The molecule has 0 saturated carbocycles. The van der Waals surface area contributed by atoms with Crippen molar-refractivity contribution < 1.29 is 14.3 Å². The molecule has 1 aromatic carbocycles. The average molecular weight is 329 g/mol. The van der Waals surface area contributed by atoms with Crippen LogP contribution in [-0.4, -0.2) is 40.7 Å². The number of hydrogen-bond acceptors (Lipinski definition) is 4. The number of ether oxygens (including phenoxy) is 1. The van der Waals surface area contributed by atoms with Crippen LogP contribution in [0.25, 0.3) is 0 Å². The van der Waals surface area contributed by atoms with Gasteiger partial charge in [-0.05, 0) is 25.1 Å². The van der Waals surface area contributed by atoms with Crippen LogP contribution in [0, 0.1) is 0 Å². The van der Waals surface area contributed by atoms with Crippen LogP contribution in [0.2, 0.25) is 0 Å². The molecule has 3 N–H and O–H groups in total. The normalized spacial score (nSPS) is 12.7. The number of methoxy groups -OCH3 is 1. The first-order chi connectivity index (χ1) is 11.6. The van der Waals surface area contributed by atoms with E-state index in [0.29, 0.717) is 36.8 Å². The Labute approximate surface area is 139 Å². The van der Waals surface area contributed by atoms with Crippen LogP contribution in [0.3, 0.4) is 0 Å². The highest BCUT2D eigenvalue weighted by Crippen LogP contribution is 2.27. The fourth-order valence-corrected chi connectivity index (χ4v) is 2.59. The minimum absolute atomic E-state index is 0.138. The van der Waals surface area contributed by atoms with Gasteiger partial charge in [-0.15, -0.1) is 0 Å². The Morgan fingerprint density at radius 3 is 2.96 bits per heavy atom. The third kappa shape index (κ3) is 3.03. The quantitative estimate of drug-likeness (QED) is 0.795. The molecule has 1 aromatic heterocycles. The predicted octanol–water partition coefficient (Wildman–Crippen LogP) is 1.72. The first kappa shape index (κ1) is 15.9. The lowest BCUT2D eigenvalue weighted by molar-refractivity contribution is 0.102. The van der Waals surface area contributed by atoms with E-state index in [1.807, 2.05) is 6.92 Å². The number of carbonyl (C=O) groups is 2. The summed E-state index contributed by atoms with van der Waals surface area (Å²) >= 11 is 0. The second-order valence-electron chi connectivity index (χ2n) is 5.40. The number of aromatic nitrogens is 2. The van der Waals surface area contributed by atoms with E-state index in [-0.39, 0.29) is 11.9 Å². The van der Waals surface area contributed by atoms with E-state index in [4.69, 9.17) is 4.74 Å². The number of aromatic amines is 1. The minimum atomic E-state index is -0.267. The fourth-order valence-electron chi connectivity index (χ4n) is 2.59. The van der Waals surface area contributed by atoms with Crippen molar-refractivity contribution in [1.82, 2.24) is 20.4 Å². The van der Waals surface area contributed by atoms with Gasteiger partial charge in [-0.1, -0.05) is 6.07 Å². The van der Waals surface area contributed by atoms with E-state index in [0.717, 1.165) is 11.3 Å². The van der Waals surface area contributed by atoms with E-state index in [9.17, 15) is 9.59 Å². The van der Waals surface area contributed by atoms with Crippen molar-refractivity contribution in [1.29, 1.82) is 0 Å². The van der Waals surface area contributed by atoms with Gasteiger partial charge in [0.25, 0.3) is 5.91 Å². The summed E-state index contributed by atoms with van der Waals surface area (Å²) in [7, 11) is 1.55. The third-order valence-corrected chi connectivity index (χ3v) is 3.83. The van der Waals surface area contributed by atoms with Crippen LogP contribution in [0.1, 0.15) is 28.5 Å². The summed E-state index contributed by atoms with van der Waals surface area (Å²) in [4.78, 5) is 26.0. The summed E-state index contributed by atoms with van der Waals surface area (Å²) in [5, 5.41) is 12.6. The molecule has 0 bridgehead atoms. The number of urea groups is 1. The number of carbonyl (C=O) groups excluding carboxylic acids is 2. The lowest BCUT2D eigenvalue weighted by atomic mass is 10.2. The molecule has 0 aliphatic carbocycles. The maximum atomic E-state index is 12.4. The Morgan fingerprint density at radius 2 is 2.21 bits per heavy atom. The van der Waals surface area contributed by atoms with Gasteiger partial charge in [-0.2, -0.15) is 5.10 Å². The van der Waals surface area contributed by atoms with Gasteiger partial charge < -0.3 is 20.3 Å². The minimum Gasteiger partial charge on any atom is -0.497 e. The van der Waals surface area contributed by atoms with Crippen LogP contribution in [-0.2, 0) is 13.1 Å². The lowest BCUT2D eigenvalue weighted by Crippen LogP contribution is -2.36. The maximum Gasteiger partial charge on any atom is 0.318 e. The highest BCUT2D eigenvalue weighted by atomic mass is 16.5. The number of anilines is 1. The molecule has 3 amide bonds. The molecule has 24 heavy (non-hydrogen) atoms. The third-order valence-electron chi connectivity index (χ3n) is 3.83. The fraction of sp³-hybridized carbons (Fsp3) is 0.312. The first-order valence-corrected chi connectivity index (χ1v) is 7.66. The van der Waals surface area contributed by atoms with Crippen molar-refractivity contribution in [3.05, 3.63) is 41.1 Å². The summed E-state index contributed by atoms with van der Waals surface area (Å²) in [5.41, 5.74) is 2.08. The molecular weight excluding hydrogens is 310 g/mol. The molecule has 8 heteroatoms. The number of nitrogens with zero attached hydrogens (tertiary/aromatic N) is 2. The maximum absolute atomic E-state index is 12.4. The molecule has 0 saturated heterocycles. The van der Waals surface area contributed by atoms with E-state index in [2.05, 4.69) is 20.8 Å². The van der Waals surface area contributed by atoms with E-state index >= 15 is 0 Å². The zero-order valence-electron chi connectivity index (χ0n) is 13.5. The summed E-state index contributed by atoms with van der Waals surface area (Å²) in [5.74, 6) is 0.862. The van der Waals surface area contributed by atoms with Crippen LogP contribution in [0.5, 0.6) is 5.75 Å². The second kappa shape index (κ2) is 6.61. The largest absolute Gasteiger partial charge is 0.497 e. The molecule has 2 heterocycles. The van der Waals surface area contributed by atoms with Gasteiger partial charge in [0.15, 0.2) is 0 Å². The van der Waals surface area contributed by atoms with Gasteiger partial charge in [0.1, 0.15) is 11.6 Å². The van der Waals surface area contributed by atoms with E-state index in [1.165, 1.54) is 0 Å². The van der Waals surface area contributed by atoms with Gasteiger partial charge in [0.2, 0.25) is 0 Å². The number of benzene rings is 1. The van der Waals surface area contributed by atoms with Crippen molar-refractivity contribution in [2.75, 3.05) is 19.0 Å². The Balaban J connectivity index is 1.72. The zero-order valence-corrected chi connectivity index (χ0v) is 13.5. The standard InChI is InChI=1S/C16H19N5O3/c1-3-17-16(23)21-8-12-13(9-21)19-20-14(12)18-15(22)10-5-4-6-11(7-10)24-2/h4-7H,3,8-9H2,1-2H3,(H,17,23)(H2,18,19,20,22). The predicted molar refractivity (Wildman–Crippen MR) is 87.9 cm³/mol. The molecule has 126 valence electrons. The molecule has 0 atom stereocenters. The Hall–Kier alpha value is -3.03. The molecule has 2 aromatic rings. The number of rotatable bonds is 4. The van der Waals surface area contributed by atoms with Crippen molar-refractivity contribution in [2.24, 2.45) is 0 Å². The Bertz CT molecular complexity index is 771. The molecule has 1 aliphatic rings. The molecule has 0 unspecified atom stereocenters. The number of amides is 3. The molecule has 3 rings (SSSR count). The number of fused-ring (bicyclic) bond motifs is 1. The highest BCUT2D eigenvalue weighted by Gasteiger charge is 2.28. The van der Waals surface area contributed by atoms with Gasteiger partial charge in [-0.25, -0.2) is 4.79 Å². The van der Waals surface area contributed by atoms with Crippen LogP contribution < -0.4 is 15.4 Å². The topological polar surface area (TPSA) is 99.4 Å². The van der Waals surface area contributed by atoms with Crippen molar-refractivity contribution in [3.63, 3.8) is 0 Å². The summed E-state index contributed by atoms with van der Waals surface area (Å²) in [6.45, 7) is 3.27. The number of hydrogen-bond donors (Lipinski definition) is 3. The lowest BCUT2D eigenvalue weighted by Gasteiger charge is -2.15. The monoisotopic (exact) mass is 329 g/mol. The van der Waals surface area contributed by atoms with Gasteiger partial charge >= 0.3 is 6.03 Å². The van der Waals surface area contributed by atoms with Crippen LogP contribution in [0.4, 0.5) is 10.6 Å². The zero-order chi connectivity index (χ0) is 17.1. The molecule has 0 radical (unpaired) electrons. The summed E-state index contributed by atoms with van der Waals surface area (Å²) in [6.07, 6.45) is 0. The summed E-state index contributed by atoms with van der Waals surface area (Å²) < 4.78 is 5.13. The first-order valence-electron chi connectivity index (χ1n) is 7.66. The number of nitrogens with one attached hydrogen (secondary N) is 3. The molecular formula is C16H19N5O3. The molecule has 8 nitrogen and oxygen atoms in total. The molecule has 1 aliphatic heterocycles. The van der Waals surface area contributed by atoms with Crippen molar-refractivity contribution in [2.45, 2.75) is 20.0 Å². The Kier molecular flexibility index (Phi) is 4.37. The highest BCUT2D eigenvalue weighted by molar-refractivity contribution is 6.04. The SMILES string of the molecule is CCNC(=O)N1Cc2n[nH]c(NC(=O)c3cccc(OC)c3)c2C1. The van der Waals surface area contributed by atoms with E-state index < -0.39 is 0 Å². The molecule has 0 spiro atoms.